The second kappa shape index (κ2) is 4.61. The van der Waals surface area contributed by atoms with Gasteiger partial charge in [0.1, 0.15) is 0 Å². The van der Waals surface area contributed by atoms with Crippen molar-refractivity contribution in [2.24, 2.45) is 5.73 Å². The standard InChI is InChI=1S/C8H13N3O2/c9-7(6-8(12)13)2-5-11-4-1-3-10-11/h1,3-4,7H,2,5-6,9H2,(H,12,13). The van der Waals surface area contributed by atoms with E-state index in [9.17, 15) is 4.79 Å². The van der Waals surface area contributed by atoms with Gasteiger partial charge in [-0.3, -0.25) is 9.48 Å². The van der Waals surface area contributed by atoms with Gasteiger partial charge in [0.25, 0.3) is 0 Å². The Balaban J connectivity index is 2.22. The summed E-state index contributed by atoms with van der Waals surface area (Å²) in [4.78, 5) is 10.3. The number of aliphatic carboxylic acids is 1. The Morgan fingerprint density at radius 2 is 2.46 bits per heavy atom. The molecule has 0 bridgehead atoms. The number of rotatable bonds is 5. The van der Waals surface area contributed by atoms with Crippen LogP contribution in [-0.2, 0) is 11.3 Å². The molecule has 1 aromatic heterocycles. The molecular weight excluding hydrogens is 170 g/mol. The van der Waals surface area contributed by atoms with E-state index in [0.29, 0.717) is 13.0 Å². The minimum atomic E-state index is -0.854. The minimum absolute atomic E-state index is 0.0151. The Labute approximate surface area is 76.2 Å². The van der Waals surface area contributed by atoms with E-state index in [-0.39, 0.29) is 12.5 Å². The first kappa shape index (κ1) is 9.73. The van der Waals surface area contributed by atoms with Crippen molar-refractivity contribution in [1.82, 2.24) is 9.78 Å². The highest BCUT2D eigenvalue weighted by Gasteiger charge is 2.07. The number of aryl methyl sites for hydroxylation is 1. The third kappa shape index (κ3) is 3.71. The van der Waals surface area contributed by atoms with Crippen LogP contribution >= 0.6 is 0 Å². The van der Waals surface area contributed by atoms with Crippen molar-refractivity contribution in [1.29, 1.82) is 0 Å². The predicted molar refractivity (Wildman–Crippen MR) is 47.1 cm³/mol. The van der Waals surface area contributed by atoms with Crippen LogP contribution in [0.2, 0.25) is 0 Å². The molecule has 5 nitrogen and oxygen atoms in total. The van der Waals surface area contributed by atoms with E-state index in [1.165, 1.54) is 0 Å². The van der Waals surface area contributed by atoms with E-state index >= 15 is 0 Å². The fraction of sp³-hybridized carbons (Fsp3) is 0.500. The van der Waals surface area contributed by atoms with Crippen LogP contribution in [0.15, 0.2) is 18.5 Å². The highest BCUT2D eigenvalue weighted by Crippen LogP contribution is 1.97. The Hall–Kier alpha value is -1.36. The molecule has 1 rings (SSSR count). The largest absolute Gasteiger partial charge is 0.481 e. The van der Waals surface area contributed by atoms with Crippen molar-refractivity contribution in [3.05, 3.63) is 18.5 Å². The Morgan fingerprint density at radius 3 is 3.00 bits per heavy atom. The Kier molecular flexibility index (Phi) is 3.45. The lowest BCUT2D eigenvalue weighted by Gasteiger charge is -2.07. The van der Waals surface area contributed by atoms with E-state index in [0.717, 1.165) is 0 Å². The summed E-state index contributed by atoms with van der Waals surface area (Å²) in [5.74, 6) is -0.854. The number of aromatic nitrogens is 2. The SMILES string of the molecule is NC(CCn1cccn1)CC(=O)O. The van der Waals surface area contributed by atoms with Crippen LogP contribution in [-0.4, -0.2) is 26.9 Å². The normalized spacial score (nSPS) is 12.7. The van der Waals surface area contributed by atoms with Gasteiger partial charge in [-0.2, -0.15) is 5.10 Å². The molecule has 0 amide bonds. The lowest BCUT2D eigenvalue weighted by atomic mass is 10.1. The predicted octanol–water partition coefficient (Wildman–Crippen LogP) is 0.0752. The number of hydrogen-bond donors (Lipinski definition) is 2. The molecule has 0 saturated carbocycles. The number of nitrogens with two attached hydrogens (primary N) is 1. The van der Waals surface area contributed by atoms with Gasteiger partial charge < -0.3 is 10.8 Å². The average Bonchev–Trinajstić information content (AvgIpc) is 2.51. The second-order valence-corrected chi connectivity index (χ2v) is 2.92. The number of nitrogens with zero attached hydrogens (tertiary/aromatic N) is 2. The summed E-state index contributed by atoms with van der Waals surface area (Å²) in [6, 6.07) is 1.53. The van der Waals surface area contributed by atoms with Crippen LogP contribution < -0.4 is 5.73 Å². The van der Waals surface area contributed by atoms with Gasteiger partial charge in [0.05, 0.1) is 6.42 Å². The average molecular weight is 183 g/mol. The molecule has 0 spiro atoms. The van der Waals surface area contributed by atoms with Gasteiger partial charge in [0.2, 0.25) is 0 Å². The number of carbonyl (C=O) groups is 1. The van der Waals surface area contributed by atoms with Gasteiger partial charge in [-0.1, -0.05) is 0 Å². The van der Waals surface area contributed by atoms with Crippen LogP contribution in [0.4, 0.5) is 0 Å². The molecule has 1 heterocycles. The highest BCUT2D eigenvalue weighted by atomic mass is 16.4. The molecule has 0 aliphatic heterocycles. The van der Waals surface area contributed by atoms with Crippen molar-refractivity contribution in [2.45, 2.75) is 25.4 Å². The number of carboxylic acid groups (broad SMARTS) is 1. The minimum Gasteiger partial charge on any atom is -0.481 e. The van der Waals surface area contributed by atoms with Gasteiger partial charge in [-0.05, 0) is 12.5 Å². The lowest BCUT2D eigenvalue weighted by molar-refractivity contribution is -0.137. The van der Waals surface area contributed by atoms with Crippen LogP contribution in [0.25, 0.3) is 0 Å². The fourth-order valence-electron chi connectivity index (χ4n) is 1.06. The lowest BCUT2D eigenvalue weighted by Crippen LogP contribution is -2.25. The molecule has 3 N–H and O–H groups in total. The van der Waals surface area contributed by atoms with Crippen molar-refractivity contribution < 1.29 is 9.90 Å². The zero-order chi connectivity index (χ0) is 9.68. The van der Waals surface area contributed by atoms with E-state index in [4.69, 9.17) is 10.8 Å². The molecule has 1 atom stereocenters. The van der Waals surface area contributed by atoms with Crippen LogP contribution in [0.5, 0.6) is 0 Å². The summed E-state index contributed by atoms with van der Waals surface area (Å²) in [5.41, 5.74) is 5.57. The number of hydrogen-bond acceptors (Lipinski definition) is 3. The van der Waals surface area contributed by atoms with Gasteiger partial charge in [-0.15, -0.1) is 0 Å². The molecule has 1 aromatic rings. The Morgan fingerprint density at radius 1 is 1.69 bits per heavy atom. The molecule has 13 heavy (non-hydrogen) atoms. The first-order chi connectivity index (χ1) is 6.18. The van der Waals surface area contributed by atoms with Crippen LogP contribution in [0.3, 0.4) is 0 Å². The Bertz CT molecular complexity index is 258. The molecular formula is C8H13N3O2. The maximum absolute atomic E-state index is 10.3. The van der Waals surface area contributed by atoms with E-state index in [1.54, 1.807) is 10.9 Å². The second-order valence-electron chi connectivity index (χ2n) is 2.92. The van der Waals surface area contributed by atoms with Crippen molar-refractivity contribution in [3.8, 4) is 0 Å². The van der Waals surface area contributed by atoms with Crippen molar-refractivity contribution in [2.75, 3.05) is 0 Å². The zero-order valence-electron chi connectivity index (χ0n) is 7.26. The molecule has 0 radical (unpaired) electrons. The molecule has 0 aliphatic rings. The number of carboxylic acids is 1. The van der Waals surface area contributed by atoms with Crippen molar-refractivity contribution >= 4 is 5.97 Å². The molecule has 0 aromatic carbocycles. The first-order valence-electron chi connectivity index (χ1n) is 4.13. The fourth-order valence-corrected chi connectivity index (χ4v) is 1.06. The van der Waals surface area contributed by atoms with Crippen LogP contribution in [0.1, 0.15) is 12.8 Å². The maximum atomic E-state index is 10.3. The third-order valence-electron chi connectivity index (χ3n) is 1.72. The van der Waals surface area contributed by atoms with Gasteiger partial charge >= 0.3 is 5.97 Å². The van der Waals surface area contributed by atoms with Gasteiger partial charge in [0, 0.05) is 25.0 Å². The quantitative estimate of drug-likeness (QED) is 0.677. The third-order valence-corrected chi connectivity index (χ3v) is 1.72. The topological polar surface area (TPSA) is 81.1 Å². The van der Waals surface area contributed by atoms with E-state index < -0.39 is 5.97 Å². The highest BCUT2D eigenvalue weighted by molar-refractivity contribution is 5.67. The maximum Gasteiger partial charge on any atom is 0.304 e. The summed E-state index contributed by atoms with van der Waals surface area (Å²) < 4.78 is 1.74. The van der Waals surface area contributed by atoms with Crippen LogP contribution in [0, 0.1) is 0 Å². The summed E-state index contributed by atoms with van der Waals surface area (Å²) >= 11 is 0. The van der Waals surface area contributed by atoms with Gasteiger partial charge in [-0.25, -0.2) is 0 Å². The summed E-state index contributed by atoms with van der Waals surface area (Å²) in [6.45, 7) is 0.668. The molecule has 0 aliphatic carbocycles. The van der Waals surface area contributed by atoms with Crippen molar-refractivity contribution in [3.63, 3.8) is 0 Å². The first-order valence-corrected chi connectivity index (χ1v) is 4.13. The van der Waals surface area contributed by atoms with E-state index in [1.807, 2.05) is 12.3 Å². The monoisotopic (exact) mass is 183 g/mol. The van der Waals surface area contributed by atoms with E-state index in [2.05, 4.69) is 5.10 Å². The molecule has 0 fully saturated rings. The van der Waals surface area contributed by atoms with Gasteiger partial charge in [0.15, 0.2) is 0 Å². The summed E-state index contributed by atoms with van der Waals surface area (Å²) in [6.07, 6.45) is 4.16. The smallest absolute Gasteiger partial charge is 0.304 e. The summed E-state index contributed by atoms with van der Waals surface area (Å²) in [5, 5.41) is 12.4. The molecule has 1 unspecified atom stereocenters. The molecule has 0 saturated heterocycles. The summed E-state index contributed by atoms with van der Waals surface area (Å²) in [7, 11) is 0. The zero-order valence-corrected chi connectivity index (χ0v) is 7.26. The molecule has 5 heteroatoms. The molecule has 72 valence electrons.